The Balaban J connectivity index is 1.50. The molecule has 3 heterocycles. The molecule has 0 radical (unpaired) electrons. The van der Waals surface area contributed by atoms with Crippen LogP contribution in [0.25, 0.3) is 0 Å². The van der Waals surface area contributed by atoms with E-state index in [9.17, 15) is 5.11 Å². The van der Waals surface area contributed by atoms with Crippen LogP contribution in [0.3, 0.4) is 0 Å². The number of aliphatic hydroxyl groups is 1. The Morgan fingerprint density at radius 3 is 2.61 bits per heavy atom. The van der Waals surface area contributed by atoms with Crippen LogP contribution in [0.2, 0.25) is 0 Å². The van der Waals surface area contributed by atoms with Crippen LogP contribution in [-0.4, -0.2) is 54.5 Å². The number of rotatable bonds is 7. The summed E-state index contributed by atoms with van der Waals surface area (Å²) < 4.78 is 10.9. The Hall–Kier alpha value is -2.03. The van der Waals surface area contributed by atoms with E-state index in [-0.39, 0.29) is 18.6 Å². The van der Waals surface area contributed by atoms with E-state index in [1.807, 2.05) is 12.1 Å². The van der Waals surface area contributed by atoms with Gasteiger partial charge in [-0.15, -0.1) is 0 Å². The van der Waals surface area contributed by atoms with Gasteiger partial charge in [-0.2, -0.15) is 4.98 Å². The van der Waals surface area contributed by atoms with Gasteiger partial charge in [0, 0.05) is 31.6 Å². The lowest BCUT2D eigenvalue weighted by Crippen LogP contribution is -2.35. The highest BCUT2D eigenvalue weighted by Gasteiger charge is 2.27. The number of aliphatic hydroxyl groups excluding tert-OH is 1. The van der Waals surface area contributed by atoms with Crippen LogP contribution >= 0.6 is 12.0 Å². The van der Waals surface area contributed by atoms with E-state index < -0.39 is 0 Å². The fourth-order valence-corrected chi connectivity index (χ4v) is 4.82. The minimum Gasteiger partial charge on any atom is -0.497 e. The van der Waals surface area contributed by atoms with E-state index in [4.69, 9.17) is 18.9 Å². The molecule has 2 aliphatic rings. The lowest BCUT2D eigenvalue weighted by molar-refractivity contribution is 0.248. The minimum atomic E-state index is -0.0600. The van der Waals surface area contributed by atoms with Crippen molar-refractivity contribution in [3.8, 4) is 5.75 Å². The van der Waals surface area contributed by atoms with Gasteiger partial charge in [-0.3, -0.25) is 0 Å². The second-order valence-corrected chi connectivity index (χ2v) is 9.33. The molecule has 1 fully saturated rings. The lowest BCUT2D eigenvalue weighted by atomic mass is 9.89. The van der Waals surface area contributed by atoms with Gasteiger partial charge in [-0.1, -0.05) is 26.0 Å². The fourth-order valence-electron chi connectivity index (χ4n) is 4.11. The first kappa shape index (κ1) is 22.2. The van der Waals surface area contributed by atoms with Gasteiger partial charge < -0.3 is 24.2 Å². The number of aromatic nitrogens is 2. The van der Waals surface area contributed by atoms with Gasteiger partial charge in [0.25, 0.3) is 0 Å². The summed E-state index contributed by atoms with van der Waals surface area (Å²) in [5.41, 5.74) is 2.40. The number of nitrogens with one attached hydrogen (secondary N) is 1. The Kier molecular flexibility index (Phi) is 7.20. The number of hydrogen-bond acceptors (Lipinski definition) is 8. The Morgan fingerprint density at radius 1 is 1.23 bits per heavy atom. The third kappa shape index (κ3) is 5.07. The van der Waals surface area contributed by atoms with Gasteiger partial charge in [-0.25, -0.2) is 4.98 Å². The van der Waals surface area contributed by atoms with Gasteiger partial charge >= 0.3 is 0 Å². The first-order chi connectivity index (χ1) is 15.1. The average Bonchev–Trinajstić information content (AvgIpc) is 2.82. The molecule has 2 aliphatic heterocycles. The van der Waals surface area contributed by atoms with Crippen LogP contribution in [0.15, 0.2) is 29.2 Å². The van der Waals surface area contributed by atoms with Crippen molar-refractivity contribution < 1.29 is 14.0 Å². The lowest BCUT2D eigenvalue weighted by Gasteiger charge is -2.33. The highest BCUT2D eigenvalue weighted by atomic mass is 32.2. The number of anilines is 2. The average molecular weight is 445 g/mol. The fraction of sp³-hybridized carbons (Fsp3) is 0.565. The maximum absolute atomic E-state index is 9.79. The standard InChI is InChI=1S/C23H32N4O3S/c1-15(2)20(14-28)24-22-21-19(10-13-30-31-21)25-23(26-22)27-11-8-17(9-12-27)16-4-6-18(29-3)7-5-16/h4-7,15,17,20,28H,8-14H2,1-3H3,(H,24,25,26). The first-order valence-corrected chi connectivity index (χ1v) is 11.8. The van der Waals surface area contributed by atoms with Crippen molar-refractivity contribution in [2.75, 3.05) is 43.6 Å². The van der Waals surface area contributed by atoms with Crippen molar-refractivity contribution in [3.05, 3.63) is 35.5 Å². The number of ether oxygens (including phenoxy) is 1. The van der Waals surface area contributed by atoms with Gasteiger partial charge in [-0.05, 0) is 42.4 Å². The first-order valence-electron chi connectivity index (χ1n) is 11.1. The van der Waals surface area contributed by atoms with Crippen LogP contribution in [0.5, 0.6) is 5.75 Å². The molecular weight excluding hydrogens is 412 g/mol. The second kappa shape index (κ2) is 10.1. The molecule has 1 saturated heterocycles. The zero-order valence-corrected chi connectivity index (χ0v) is 19.3. The topological polar surface area (TPSA) is 79.7 Å². The van der Waals surface area contributed by atoms with Gasteiger partial charge in [0.15, 0.2) is 0 Å². The van der Waals surface area contributed by atoms with Crippen molar-refractivity contribution in [3.63, 3.8) is 0 Å². The molecule has 0 amide bonds. The van der Waals surface area contributed by atoms with Crippen molar-refractivity contribution in [2.24, 2.45) is 5.92 Å². The Bertz CT molecular complexity index is 870. The summed E-state index contributed by atoms with van der Waals surface area (Å²) in [5.74, 6) is 3.27. The maximum atomic E-state index is 9.79. The molecule has 1 atom stereocenters. The molecule has 0 spiro atoms. The molecule has 2 N–H and O–H groups in total. The van der Waals surface area contributed by atoms with Crippen LogP contribution in [0.1, 0.15) is 43.9 Å². The molecule has 1 aromatic heterocycles. The normalized spacial score (nSPS) is 18.0. The van der Waals surface area contributed by atoms with Crippen molar-refractivity contribution in [1.29, 1.82) is 0 Å². The van der Waals surface area contributed by atoms with Crippen LogP contribution < -0.4 is 15.0 Å². The van der Waals surface area contributed by atoms with Gasteiger partial charge in [0.2, 0.25) is 5.95 Å². The summed E-state index contributed by atoms with van der Waals surface area (Å²) in [4.78, 5) is 13.0. The Morgan fingerprint density at radius 2 is 1.97 bits per heavy atom. The van der Waals surface area contributed by atoms with Crippen LogP contribution in [0, 0.1) is 5.92 Å². The van der Waals surface area contributed by atoms with Gasteiger partial charge in [0.1, 0.15) is 11.6 Å². The molecule has 0 saturated carbocycles. The van der Waals surface area contributed by atoms with Crippen molar-refractivity contribution in [1.82, 2.24) is 9.97 Å². The smallest absolute Gasteiger partial charge is 0.227 e. The summed E-state index contributed by atoms with van der Waals surface area (Å²) in [5, 5.41) is 13.2. The summed E-state index contributed by atoms with van der Waals surface area (Å²) in [6.07, 6.45) is 2.91. The highest BCUT2D eigenvalue weighted by molar-refractivity contribution is 7.95. The molecule has 0 aliphatic carbocycles. The van der Waals surface area contributed by atoms with E-state index in [0.29, 0.717) is 12.5 Å². The molecule has 31 heavy (non-hydrogen) atoms. The molecule has 7 nitrogen and oxygen atoms in total. The summed E-state index contributed by atoms with van der Waals surface area (Å²) in [6, 6.07) is 8.37. The number of benzene rings is 1. The van der Waals surface area contributed by atoms with Crippen LogP contribution in [0.4, 0.5) is 11.8 Å². The third-order valence-corrected chi connectivity index (χ3v) is 7.06. The SMILES string of the molecule is COc1ccc(C2CCN(c3nc4c(c(NC(CO)C(C)C)n3)SOCC4)CC2)cc1. The Labute approximate surface area is 188 Å². The van der Waals surface area contributed by atoms with E-state index >= 15 is 0 Å². The monoisotopic (exact) mass is 444 g/mol. The maximum Gasteiger partial charge on any atom is 0.227 e. The number of methoxy groups -OCH3 is 1. The molecule has 8 heteroatoms. The second-order valence-electron chi connectivity index (χ2n) is 8.52. The molecule has 2 aromatic rings. The molecular formula is C23H32N4O3S. The molecule has 168 valence electrons. The predicted octanol–water partition coefficient (Wildman–Crippen LogP) is 3.88. The molecule has 1 unspecified atom stereocenters. The summed E-state index contributed by atoms with van der Waals surface area (Å²) in [6.45, 7) is 6.75. The number of fused-ring (bicyclic) bond motifs is 1. The molecule has 4 rings (SSSR count). The van der Waals surface area contributed by atoms with E-state index in [2.05, 4.69) is 36.2 Å². The van der Waals surface area contributed by atoms with E-state index in [0.717, 1.165) is 60.5 Å². The number of hydrogen-bond donors (Lipinski definition) is 2. The largest absolute Gasteiger partial charge is 0.497 e. The predicted molar refractivity (Wildman–Crippen MR) is 124 cm³/mol. The molecule has 0 bridgehead atoms. The minimum absolute atomic E-state index is 0.0600. The van der Waals surface area contributed by atoms with Crippen LogP contribution in [-0.2, 0) is 10.6 Å². The van der Waals surface area contributed by atoms with Crippen molar-refractivity contribution in [2.45, 2.75) is 50.0 Å². The quantitative estimate of drug-likeness (QED) is 0.623. The number of piperidine rings is 1. The molecule has 1 aromatic carbocycles. The summed E-state index contributed by atoms with van der Waals surface area (Å²) in [7, 11) is 1.70. The zero-order valence-electron chi connectivity index (χ0n) is 18.5. The van der Waals surface area contributed by atoms with Crippen molar-refractivity contribution >= 4 is 23.8 Å². The number of nitrogens with zero attached hydrogens (tertiary/aromatic N) is 3. The third-order valence-electron chi connectivity index (χ3n) is 6.18. The summed E-state index contributed by atoms with van der Waals surface area (Å²) >= 11 is 1.34. The highest BCUT2D eigenvalue weighted by Crippen LogP contribution is 2.37. The van der Waals surface area contributed by atoms with E-state index in [1.54, 1.807) is 7.11 Å². The zero-order chi connectivity index (χ0) is 21.8. The van der Waals surface area contributed by atoms with E-state index in [1.165, 1.54) is 17.6 Å². The van der Waals surface area contributed by atoms with Gasteiger partial charge in [0.05, 0.1) is 37.0 Å².